The van der Waals surface area contributed by atoms with Crippen LogP contribution in [0.1, 0.15) is 118 Å². The number of rotatable bonds is 11. The van der Waals surface area contributed by atoms with Crippen LogP contribution < -0.4 is 0 Å². The maximum atomic E-state index is 2.51. The first-order valence-corrected chi connectivity index (χ1v) is 10.2. The molecule has 1 rings (SSSR count). The molecule has 0 N–H and O–H groups in total. The molecule has 0 bridgehead atoms. The molecule has 0 saturated heterocycles. The Morgan fingerprint density at radius 2 is 1.33 bits per heavy atom. The van der Waals surface area contributed by atoms with Gasteiger partial charge in [0.25, 0.3) is 0 Å². The van der Waals surface area contributed by atoms with Crippen molar-refractivity contribution in [2.24, 2.45) is 17.3 Å². The minimum atomic E-state index is 0.716. The molecule has 1 aliphatic rings. The van der Waals surface area contributed by atoms with Crippen molar-refractivity contribution in [3.8, 4) is 0 Å². The van der Waals surface area contributed by atoms with E-state index in [4.69, 9.17) is 0 Å². The van der Waals surface area contributed by atoms with E-state index in [9.17, 15) is 0 Å². The molecule has 21 heavy (non-hydrogen) atoms. The summed E-state index contributed by atoms with van der Waals surface area (Å²) in [6.45, 7) is 9.63. The van der Waals surface area contributed by atoms with Gasteiger partial charge in [-0.15, -0.1) is 0 Å². The Hall–Kier alpha value is 0. The van der Waals surface area contributed by atoms with Crippen LogP contribution in [0.15, 0.2) is 0 Å². The lowest BCUT2D eigenvalue weighted by atomic mass is 9.58. The highest BCUT2D eigenvalue weighted by atomic mass is 14.5. The zero-order valence-electron chi connectivity index (χ0n) is 15.6. The van der Waals surface area contributed by atoms with E-state index in [0.29, 0.717) is 5.41 Å². The summed E-state index contributed by atoms with van der Waals surface area (Å²) < 4.78 is 0. The quantitative estimate of drug-likeness (QED) is 0.341. The molecule has 0 amide bonds. The summed E-state index contributed by atoms with van der Waals surface area (Å²) in [4.78, 5) is 0. The Balaban J connectivity index is 2.60. The Morgan fingerprint density at radius 3 is 1.81 bits per heavy atom. The standard InChI is InChI=1S/C21H42/c1-5-8-10-12-16-21(17-13-11-9-6-2)18-19(4)14-15-20(21)7-3/h19-20H,5-18H2,1-4H3. The molecule has 1 aliphatic carbocycles. The highest BCUT2D eigenvalue weighted by Crippen LogP contribution is 2.51. The molecular formula is C21H42. The van der Waals surface area contributed by atoms with Gasteiger partial charge in [-0.2, -0.15) is 0 Å². The predicted molar refractivity (Wildman–Crippen MR) is 96.7 cm³/mol. The summed E-state index contributed by atoms with van der Waals surface area (Å²) in [5, 5.41) is 0. The lowest BCUT2D eigenvalue weighted by molar-refractivity contribution is 0.0357. The average Bonchev–Trinajstić information content (AvgIpc) is 2.48. The van der Waals surface area contributed by atoms with Crippen molar-refractivity contribution in [3.05, 3.63) is 0 Å². The summed E-state index contributed by atoms with van der Waals surface area (Å²) in [6.07, 6.45) is 20.6. The van der Waals surface area contributed by atoms with Crippen LogP contribution in [0.5, 0.6) is 0 Å². The maximum absolute atomic E-state index is 2.51. The van der Waals surface area contributed by atoms with Crippen LogP contribution in [-0.4, -0.2) is 0 Å². The third-order valence-corrected chi connectivity index (χ3v) is 6.18. The molecule has 0 heteroatoms. The molecule has 0 aliphatic heterocycles. The molecule has 1 fully saturated rings. The second-order valence-electron chi connectivity index (χ2n) is 7.98. The highest BCUT2D eigenvalue weighted by Gasteiger charge is 2.40. The first-order chi connectivity index (χ1) is 10.2. The van der Waals surface area contributed by atoms with Crippen LogP contribution >= 0.6 is 0 Å². The average molecular weight is 295 g/mol. The fraction of sp³-hybridized carbons (Fsp3) is 1.00. The van der Waals surface area contributed by atoms with Gasteiger partial charge in [-0.1, -0.05) is 91.9 Å². The van der Waals surface area contributed by atoms with Crippen LogP contribution in [0.2, 0.25) is 0 Å². The van der Waals surface area contributed by atoms with Gasteiger partial charge in [0.1, 0.15) is 0 Å². The zero-order valence-corrected chi connectivity index (χ0v) is 15.6. The van der Waals surface area contributed by atoms with Gasteiger partial charge in [0.05, 0.1) is 0 Å². The minimum Gasteiger partial charge on any atom is -0.0654 e. The van der Waals surface area contributed by atoms with Crippen LogP contribution in [-0.2, 0) is 0 Å². The SMILES string of the molecule is CCCCCCC1(CCCCCC)CC(C)CCC1CC. The Bertz CT molecular complexity index is 230. The number of unbranched alkanes of at least 4 members (excludes halogenated alkanes) is 6. The lowest BCUT2D eigenvalue weighted by Crippen LogP contribution is -2.36. The summed E-state index contributed by atoms with van der Waals surface area (Å²) in [6, 6.07) is 0. The first kappa shape index (κ1) is 19.0. The molecular weight excluding hydrogens is 252 g/mol. The van der Waals surface area contributed by atoms with Crippen LogP contribution in [0.25, 0.3) is 0 Å². The summed E-state index contributed by atoms with van der Waals surface area (Å²) in [5.41, 5.74) is 0.716. The third-order valence-electron chi connectivity index (χ3n) is 6.18. The van der Waals surface area contributed by atoms with Crippen LogP contribution in [0.3, 0.4) is 0 Å². The first-order valence-electron chi connectivity index (χ1n) is 10.2. The molecule has 0 aromatic rings. The van der Waals surface area contributed by atoms with Gasteiger partial charge in [-0.25, -0.2) is 0 Å². The molecule has 0 aromatic carbocycles. The predicted octanol–water partition coefficient (Wildman–Crippen LogP) is 7.76. The van der Waals surface area contributed by atoms with Gasteiger partial charge in [0.15, 0.2) is 0 Å². The van der Waals surface area contributed by atoms with Crippen molar-refractivity contribution < 1.29 is 0 Å². The molecule has 2 unspecified atom stereocenters. The molecule has 0 nitrogen and oxygen atoms in total. The van der Waals surface area contributed by atoms with Gasteiger partial charge in [-0.3, -0.25) is 0 Å². The van der Waals surface area contributed by atoms with Crippen LogP contribution in [0.4, 0.5) is 0 Å². The zero-order chi connectivity index (χ0) is 15.6. The summed E-state index contributed by atoms with van der Waals surface area (Å²) in [7, 11) is 0. The Kier molecular flexibility index (Phi) is 9.69. The molecule has 0 heterocycles. The van der Waals surface area contributed by atoms with E-state index in [0.717, 1.165) is 11.8 Å². The van der Waals surface area contributed by atoms with Gasteiger partial charge in [-0.05, 0) is 42.9 Å². The van der Waals surface area contributed by atoms with E-state index in [1.807, 2.05) is 0 Å². The fourth-order valence-corrected chi connectivity index (χ4v) is 4.94. The lowest BCUT2D eigenvalue weighted by Gasteiger charge is -2.47. The van der Waals surface area contributed by atoms with E-state index in [-0.39, 0.29) is 0 Å². The normalized spacial score (nSPS) is 25.1. The van der Waals surface area contributed by atoms with E-state index in [1.165, 1.54) is 89.9 Å². The Morgan fingerprint density at radius 1 is 0.762 bits per heavy atom. The summed E-state index contributed by atoms with van der Waals surface area (Å²) >= 11 is 0. The molecule has 1 saturated carbocycles. The van der Waals surface area contributed by atoms with Crippen molar-refractivity contribution in [2.75, 3.05) is 0 Å². The smallest absolute Gasteiger partial charge is 0.0267 e. The molecule has 0 radical (unpaired) electrons. The Labute approximate surface area is 135 Å². The van der Waals surface area contributed by atoms with Gasteiger partial charge >= 0.3 is 0 Å². The second kappa shape index (κ2) is 10.7. The largest absolute Gasteiger partial charge is 0.0654 e. The van der Waals surface area contributed by atoms with Crippen molar-refractivity contribution in [3.63, 3.8) is 0 Å². The van der Waals surface area contributed by atoms with Gasteiger partial charge in [0.2, 0.25) is 0 Å². The van der Waals surface area contributed by atoms with Gasteiger partial charge < -0.3 is 0 Å². The van der Waals surface area contributed by atoms with Crippen LogP contribution in [0, 0.1) is 17.3 Å². The van der Waals surface area contributed by atoms with E-state index >= 15 is 0 Å². The van der Waals surface area contributed by atoms with Crippen molar-refractivity contribution in [1.29, 1.82) is 0 Å². The van der Waals surface area contributed by atoms with E-state index < -0.39 is 0 Å². The second-order valence-corrected chi connectivity index (χ2v) is 7.98. The fourth-order valence-electron chi connectivity index (χ4n) is 4.94. The third kappa shape index (κ3) is 6.33. The maximum Gasteiger partial charge on any atom is -0.0267 e. The molecule has 126 valence electrons. The van der Waals surface area contributed by atoms with E-state index in [1.54, 1.807) is 0 Å². The number of hydrogen-bond acceptors (Lipinski definition) is 0. The topological polar surface area (TPSA) is 0 Å². The minimum absolute atomic E-state index is 0.716. The molecule has 0 aromatic heterocycles. The van der Waals surface area contributed by atoms with Crippen molar-refractivity contribution in [1.82, 2.24) is 0 Å². The van der Waals surface area contributed by atoms with E-state index in [2.05, 4.69) is 27.7 Å². The summed E-state index contributed by atoms with van der Waals surface area (Å²) in [5.74, 6) is 2.00. The highest BCUT2D eigenvalue weighted by molar-refractivity contribution is 4.91. The molecule has 2 atom stereocenters. The number of hydrogen-bond donors (Lipinski definition) is 0. The van der Waals surface area contributed by atoms with Crippen molar-refractivity contribution >= 4 is 0 Å². The monoisotopic (exact) mass is 294 g/mol. The van der Waals surface area contributed by atoms with Gasteiger partial charge in [0, 0.05) is 0 Å². The van der Waals surface area contributed by atoms with Crippen molar-refractivity contribution in [2.45, 2.75) is 118 Å². The molecule has 0 spiro atoms.